The largest absolute Gasteiger partial charge is 0.353 e. The van der Waals surface area contributed by atoms with Gasteiger partial charge in [0.05, 0.1) is 17.8 Å². The lowest BCUT2D eigenvalue weighted by molar-refractivity contribution is 0.616. The van der Waals surface area contributed by atoms with Gasteiger partial charge in [0.2, 0.25) is 0 Å². The Labute approximate surface area is 117 Å². The fraction of sp³-hybridized carbons (Fsp3) is 0.267. The minimum Gasteiger partial charge on any atom is -0.353 e. The zero-order chi connectivity index (χ0) is 13.9. The molecule has 2 aromatic heterocycles. The number of para-hydroxylation sites is 1. The van der Waals surface area contributed by atoms with Crippen molar-refractivity contribution in [1.29, 1.82) is 0 Å². The van der Waals surface area contributed by atoms with Crippen LogP contribution in [0, 0.1) is 0 Å². The molecule has 0 N–H and O–H groups in total. The number of fused-ring (bicyclic) bond motifs is 1. The molecule has 0 aliphatic rings. The normalized spacial score (nSPS) is 10.9. The van der Waals surface area contributed by atoms with Crippen molar-refractivity contribution in [2.45, 2.75) is 20.0 Å². The topological polar surface area (TPSA) is 46.8 Å². The van der Waals surface area contributed by atoms with Crippen molar-refractivity contribution >= 4 is 16.7 Å². The Morgan fingerprint density at radius 2 is 2.00 bits per heavy atom. The fourth-order valence-electron chi connectivity index (χ4n) is 2.39. The summed E-state index contributed by atoms with van der Waals surface area (Å²) < 4.78 is 2.00. The summed E-state index contributed by atoms with van der Waals surface area (Å²) in [6.07, 6.45) is 3.45. The van der Waals surface area contributed by atoms with Crippen molar-refractivity contribution in [2.24, 2.45) is 0 Å². The summed E-state index contributed by atoms with van der Waals surface area (Å²) in [7, 11) is 2.04. The summed E-state index contributed by atoms with van der Waals surface area (Å²) in [6.45, 7) is 3.74. The monoisotopic (exact) mass is 267 g/mol. The molecule has 0 aliphatic heterocycles. The first-order chi connectivity index (χ1) is 9.79. The first kappa shape index (κ1) is 12.6. The molecule has 0 spiro atoms. The Hall–Kier alpha value is -2.43. The van der Waals surface area contributed by atoms with Crippen LogP contribution in [0.1, 0.15) is 12.6 Å². The molecule has 20 heavy (non-hydrogen) atoms. The number of hydrogen-bond acceptors (Lipinski definition) is 4. The number of benzene rings is 1. The van der Waals surface area contributed by atoms with Gasteiger partial charge in [-0.1, -0.05) is 12.1 Å². The lowest BCUT2D eigenvalue weighted by atomic mass is 10.2. The standard InChI is InChI=1S/C15H17N5/c1-3-20-12(8-9-18-20)10-19(2)15-13-6-4-5-7-14(13)16-11-17-15/h4-9,11H,3,10H2,1-2H3. The van der Waals surface area contributed by atoms with Gasteiger partial charge in [0.1, 0.15) is 12.1 Å². The minimum absolute atomic E-state index is 0.773. The number of aromatic nitrogens is 4. The molecule has 0 unspecified atom stereocenters. The number of nitrogens with zero attached hydrogens (tertiary/aromatic N) is 5. The van der Waals surface area contributed by atoms with Crippen LogP contribution >= 0.6 is 0 Å². The Morgan fingerprint density at radius 1 is 1.15 bits per heavy atom. The maximum Gasteiger partial charge on any atom is 0.139 e. The molecule has 3 aromatic rings. The second-order valence-corrected chi connectivity index (χ2v) is 4.71. The predicted octanol–water partition coefficient (Wildman–Crippen LogP) is 2.48. The highest BCUT2D eigenvalue weighted by molar-refractivity contribution is 5.88. The maximum absolute atomic E-state index is 4.43. The van der Waals surface area contributed by atoms with E-state index in [-0.39, 0.29) is 0 Å². The smallest absolute Gasteiger partial charge is 0.139 e. The molecule has 5 heteroatoms. The van der Waals surface area contributed by atoms with E-state index in [1.807, 2.05) is 42.2 Å². The summed E-state index contributed by atoms with van der Waals surface area (Å²) in [6, 6.07) is 10.1. The number of aryl methyl sites for hydroxylation is 1. The fourth-order valence-corrected chi connectivity index (χ4v) is 2.39. The molecule has 0 amide bonds. The number of rotatable bonds is 4. The Morgan fingerprint density at radius 3 is 2.85 bits per heavy atom. The molecular formula is C15H17N5. The van der Waals surface area contributed by atoms with Gasteiger partial charge in [-0.25, -0.2) is 9.97 Å². The van der Waals surface area contributed by atoms with Crippen molar-refractivity contribution in [3.05, 3.63) is 48.5 Å². The van der Waals surface area contributed by atoms with Crippen LogP contribution in [-0.4, -0.2) is 26.8 Å². The molecule has 0 bridgehead atoms. The second-order valence-electron chi connectivity index (χ2n) is 4.71. The Bertz CT molecular complexity index is 714. The van der Waals surface area contributed by atoms with Crippen LogP contribution in [0.25, 0.3) is 10.9 Å². The average molecular weight is 267 g/mol. The van der Waals surface area contributed by atoms with Gasteiger partial charge in [-0.05, 0) is 25.1 Å². The highest BCUT2D eigenvalue weighted by atomic mass is 15.3. The van der Waals surface area contributed by atoms with E-state index >= 15 is 0 Å². The molecule has 1 aromatic carbocycles. The molecule has 0 fully saturated rings. The van der Waals surface area contributed by atoms with E-state index in [1.54, 1.807) is 6.33 Å². The van der Waals surface area contributed by atoms with Gasteiger partial charge in [0.25, 0.3) is 0 Å². The zero-order valence-corrected chi connectivity index (χ0v) is 11.7. The average Bonchev–Trinajstić information content (AvgIpc) is 2.93. The van der Waals surface area contributed by atoms with Gasteiger partial charge >= 0.3 is 0 Å². The van der Waals surface area contributed by atoms with Crippen LogP contribution in [-0.2, 0) is 13.1 Å². The van der Waals surface area contributed by atoms with Crippen LogP contribution in [0.15, 0.2) is 42.9 Å². The van der Waals surface area contributed by atoms with Crippen molar-refractivity contribution in [3.8, 4) is 0 Å². The molecule has 3 rings (SSSR count). The lowest BCUT2D eigenvalue weighted by Crippen LogP contribution is -2.20. The predicted molar refractivity (Wildman–Crippen MR) is 79.5 cm³/mol. The molecule has 0 saturated heterocycles. The zero-order valence-electron chi connectivity index (χ0n) is 11.7. The van der Waals surface area contributed by atoms with Crippen LogP contribution in [0.4, 0.5) is 5.82 Å². The first-order valence-corrected chi connectivity index (χ1v) is 6.71. The summed E-state index contributed by atoms with van der Waals surface area (Å²) in [5.74, 6) is 0.944. The molecule has 0 saturated carbocycles. The van der Waals surface area contributed by atoms with E-state index in [2.05, 4.69) is 33.0 Å². The van der Waals surface area contributed by atoms with Gasteiger partial charge in [-0.3, -0.25) is 4.68 Å². The summed E-state index contributed by atoms with van der Waals surface area (Å²) in [4.78, 5) is 10.9. The van der Waals surface area contributed by atoms with E-state index in [4.69, 9.17) is 0 Å². The van der Waals surface area contributed by atoms with E-state index in [0.29, 0.717) is 0 Å². The molecule has 102 valence electrons. The molecule has 0 aliphatic carbocycles. The van der Waals surface area contributed by atoms with Gasteiger partial charge in [0, 0.05) is 25.2 Å². The third-order valence-electron chi connectivity index (χ3n) is 3.39. The summed E-state index contributed by atoms with van der Waals surface area (Å²) >= 11 is 0. The van der Waals surface area contributed by atoms with Crippen molar-refractivity contribution < 1.29 is 0 Å². The molecule has 5 nitrogen and oxygen atoms in total. The van der Waals surface area contributed by atoms with Crippen molar-refractivity contribution in [2.75, 3.05) is 11.9 Å². The molecule has 0 radical (unpaired) electrons. The quantitative estimate of drug-likeness (QED) is 0.728. The maximum atomic E-state index is 4.43. The van der Waals surface area contributed by atoms with Gasteiger partial charge in [-0.15, -0.1) is 0 Å². The van der Waals surface area contributed by atoms with E-state index in [9.17, 15) is 0 Å². The summed E-state index contributed by atoms with van der Waals surface area (Å²) in [5.41, 5.74) is 2.14. The minimum atomic E-state index is 0.773. The SMILES string of the molecule is CCn1nccc1CN(C)c1ncnc2ccccc12. The number of hydrogen-bond donors (Lipinski definition) is 0. The molecule has 0 atom stereocenters. The van der Waals surface area contributed by atoms with Gasteiger partial charge in [-0.2, -0.15) is 5.10 Å². The van der Waals surface area contributed by atoms with E-state index in [0.717, 1.165) is 29.8 Å². The van der Waals surface area contributed by atoms with E-state index < -0.39 is 0 Å². The van der Waals surface area contributed by atoms with E-state index in [1.165, 1.54) is 5.69 Å². The second kappa shape index (κ2) is 5.28. The third kappa shape index (κ3) is 2.22. The Kier molecular flexibility index (Phi) is 3.33. The van der Waals surface area contributed by atoms with Crippen LogP contribution in [0.3, 0.4) is 0 Å². The molecular weight excluding hydrogens is 250 g/mol. The Balaban J connectivity index is 1.95. The highest BCUT2D eigenvalue weighted by Gasteiger charge is 2.10. The van der Waals surface area contributed by atoms with Crippen molar-refractivity contribution in [1.82, 2.24) is 19.7 Å². The van der Waals surface area contributed by atoms with Crippen LogP contribution in [0.5, 0.6) is 0 Å². The summed E-state index contributed by atoms with van der Waals surface area (Å²) in [5, 5.41) is 5.37. The van der Waals surface area contributed by atoms with Gasteiger partial charge in [0.15, 0.2) is 0 Å². The van der Waals surface area contributed by atoms with Gasteiger partial charge < -0.3 is 4.90 Å². The first-order valence-electron chi connectivity index (χ1n) is 6.71. The number of anilines is 1. The van der Waals surface area contributed by atoms with Crippen LogP contribution in [0.2, 0.25) is 0 Å². The van der Waals surface area contributed by atoms with Crippen LogP contribution < -0.4 is 4.90 Å². The lowest BCUT2D eigenvalue weighted by Gasteiger charge is -2.19. The third-order valence-corrected chi connectivity index (χ3v) is 3.39. The molecule has 2 heterocycles. The highest BCUT2D eigenvalue weighted by Crippen LogP contribution is 2.22. The van der Waals surface area contributed by atoms with Crippen molar-refractivity contribution in [3.63, 3.8) is 0 Å².